The van der Waals surface area contributed by atoms with Crippen LogP contribution in [0, 0.1) is 5.92 Å². The number of aryl methyl sites for hydroxylation is 1. The Labute approximate surface area is 150 Å². The molecule has 7 heteroatoms. The van der Waals surface area contributed by atoms with E-state index in [-0.39, 0.29) is 24.0 Å². The van der Waals surface area contributed by atoms with Gasteiger partial charge in [0.1, 0.15) is 0 Å². The molecule has 1 aromatic heterocycles. The molecule has 0 aromatic carbocycles. The van der Waals surface area contributed by atoms with E-state index in [2.05, 4.69) is 34.6 Å². The van der Waals surface area contributed by atoms with E-state index in [4.69, 9.17) is 4.99 Å². The standard InChI is InChI=1S/C15H28N6.HI/c1-3-16-15(18-12-14-6-11-20(2)13-14)17-7-4-9-21-10-5-8-19-21;/h5,8,10,14H,3-4,6-7,9,11-13H2,1-2H3,(H2,16,17,18);1H. The minimum atomic E-state index is 0. The Balaban J connectivity index is 0.00000242. The average molecular weight is 420 g/mol. The summed E-state index contributed by atoms with van der Waals surface area (Å²) in [7, 11) is 2.18. The zero-order chi connectivity index (χ0) is 14.9. The highest BCUT2D eigenvalue weighted by Crippen LogP contribution is 2.14. The summed E-state index contributed by atoms with van der Waals surface area (Å²) >= 11 is 0. The number of likely N-dealkylation sites (tertiary alicyclic amines) is 1. The molecule has 1 fully saturated rings. The first-order valence-corrected chi connectivity index (χ1v) is 7.96. The summed E-state index contributed by atoms with van der Waals surface area (Å²) in [4.78, 5) is 7.09. The Morgan fingerprint density at radius 3 is 2.91 bits per heavy atom. The molecule has 1 saturated heterocycles. The molecule has 126 valence electrons. The third-order valence-corrected chi connectivity index (χ3v) is 3.76. The average Bonchev–Trinajstić information content (AvgIpc) is 3.12. The van der Waals surface area contributed by atoms with Crippen LogP contribution in [0.2, 0.25) is 0 Å². The van der Waals surface area contributed by atoms with E-state index in [1.807, 2.05) is 23.1 Å². The van der Waals surface area contributed by atoms with Crippen molar-refractivity contribution in [1.29, 1.82) is 0 Å². The van der Waals surface area contributed by atoms with Crippen molar-refractivity contribution in [3.63, 3.8) is 0 Å². The van der Waals surface area contributed by atoms with Crippen molar-refractivity contribution < 1.29 is 0 Å². The van der Waals surface area contributed by atoms with Crippen molar-refractivity contribution in [2.75, 3.05) is 39.8 Å². The number of hydrogen-bond donors (Lipinski definition) is 2. The lowest BCUT2D eigenvalue weighted by Gasteiger charge is -2.13. The number of guanidine groups is 1. The molecule has 1 aromatic rings. The predicted molar refractivity (Wildman–Crippen MR) is 102 cm³/mol. The van der Waals surface area contributed by atoms with Crippen LogP contribution in [-0.2, 0) is 6.54 Å². The Morgan fingerprint density at radius 2 is 2.27 bits per heavy atom. The Morgan fingerprint density at radius 1 is 1.41 bits per heavy atom. The summed E-state index contributed by atoms with van der Waals surface area (Å²) in [5.74, 6) is 1.64. The highest BCUT2D eigenvalue weighted by molar-refractivity contribution is 14.0. The van der Waals surface area contributed by atoms with Gasteiger partial charge >= 0.3 is 0 Å². The molecule has 1 atom stereocenters. The van der Waals surface area contributed by atoms with Gasteiger partial charge < -0.3 is 15.5 Å². The minimum Gasteiger partial charge on any atom is -0.357 e. The number of nitrogens with one attached hydrogen (secondary N) is 2. The van der Waals surface area contributed by atoms with Crippen LogP contribution in [-0.4, -0.2) is 60.4 Å². The van der Waals surface area contributed by atoms with Gasteiger partial charge in [0.2, 0.25) is 0 Å². The van der Waals surface area contributed by atoms with Crippen LogP contribution >= 0.6 is 24.0 Å². The van der Waals surface area contributed by atoms with Gasteiger partial charge in [-0.25, -0.2) is 0 Å². The molecule has 0 saturated carbocycles. The van der Waals surface area contributed by atoms with Gasteiger partial charge in [0, 0.05) is 45.1 Å². The predicted octanol–water partition coefficient (Wildman–Crippen LogP) is 1.40. The maximum Gasteiger partial charge on any atom is 0.191 e. The van der Waals surface area contributed by atoms with E-state index >= 15 is 0 Å². The Kier molecular flexibility index (Phi) is 9.45. The number of nitrogens with zero attached hydrogens (tertiary/aromatic N) is 4. The molecule has 0 amide bonds. The smallest absolute Gasteiger partial charge is 0.191 e. The quantitative estimate of drug-likeness (QED) is 0.303. The lowest BCUT2D eigenvalue weighted by molar-refractivity contribution is 0.397. The molecule has 0 bridgehead atoms. The number of aliphatic imine (C=N–C) groups is 1. The fourth-order valence-corrected chi connectivity index (χ4v) is 2.62. The first-order valence-electron chi connectivity index (χ1n) is 7.96. The van der Waals surface area contributed by atoms with E-state index < -0.39 is 0 Å². The number of aromatic nitrogens is 2. The maximum absolute atomic E-state index is 4.71. The van der Waals surface area contributed by atoms with E-state index in [9.17, 15) is 0 Å². The van der Waals surface area contributed by atoms with Crippen LogP contribution in [0.4, 0.5) is 0 Å². The molecular weight excluding hydrogens is 391 g/mol. The van der Waals surface area contributed by atoms with Crippen LogP contribution in [0.3, 0.4) is 0 Å². The summed E-state index contributed by atoms with van der Waals surface area (Å²) in [6.07, 6.45) is 6.12. The number of hydrogen-bond acceptors (Lipinski definition) is 3. The third-order valence-electron chi connectivity index (χ3n) is 3.76. The second kappa shape index (κ2) is 10.8. The zero-order valence-electron chi connectivity index (χ0n) is 13.7. The molecule has 2 heterocycles. The lowest BCUT2D eigenvalue weighted by atomic mass is 10.1. The van der Waals surface area contributed by atoms with Crippen molar-refractivity contribution in [3.05, 3.63) is 18.5 Å². The fraction of sp³-hybridized carbons (Fsp3) is 0.733. The number of halogens is 1. The van der Waals surface area contributed by atoms with Gasteiger partial charge in [-0.05, 0) is 45.3 Å². The number of rotatable bonds is 7. The Bertz CT molecular complexity index is 420. The summed E-state index contributed by atoms with van der Waals surface area (Å²) < 4.78 is 1.96. The second-order valence-corrected chi connectivity index (χ2v) is 5.69. The molecule has 0 radical (unpaired) electrons. The van der Waals surface area contributed by atoms with Crippen LogP contribution < -0.4 is 10.6 Å². The second-order valence-electron chi connectivity index (χ2n) is 5.69. The van der Waals surface area contributed by atoms with Crippen molar-refractivity contribution in [3.8, 4) is 0 Å². The van der Waals surface area contributed by atoms with Gasteiger partial charge in [-0.2, -0.15) is 5.10 Å². The summed E-state index contributed by atoms with van der Waals surface area (Å²) in [6, 6.07) is 1.96. The van der Waals surface area contributed by atoms with Crippen molar-refractivity contribution >= 4 is 29.9 Å². The molecule has 6 nitrogen and oxygen atoms in total. The van der Waals surface area contributed by atoms with Gasteiger partial charge in [0.15, 0.2) is 5.96 Å². The van der Waals surface area contributed by atoms with Gasteiger partial charge in [-0.1, -0.05) is 0 Å². The normalized spacial score (nSPS) is 19.0. The van der Waals surface area contributed by atoms with E-state index in [1.165, 1.54) is 19.5 Å². The van der Waals surface area contributed by atoms with Gasteiger partial charge in [-0.15, -0.1) is 24.0 Å². The molecule has 22 heavy (non-hydrogen) atoms. The van der Waals surface area contributed by atoms with Crippen LogP contribution in [0.5, 0.6) is 0 Å². The van der Waals surface area contributed by atoms with Crippen molar-refractivity contribution in [1.82, 2.24) is 25.3 Å². The molecule has 2 rings (SSSR count). The van der Waals surface area contributed by atoms with Gasteiger partial charge in [0.05, 0.1) is 0 Å². The monoisotopic (exact) mass is 420 g/mol. The molecular formula is C15H29IN6. The maximum atomic E-state index is 4.71. The van der Waals surface area contributed by atoms with E-state index in [0.29, 0.717) is 5.92 Å². The van der Waals surface area contributed by atoms with E-state index in [1.54, 1.807) is 0 Å². The summed E-state index contributed by atoms with van der Waals surface area (Å²) in [5, 5.41) is 10.9. The molecule has 0 aliphatic carbocycles. The van der Waals surface area contributed by atoms with Gasteiger partial charge in [0.25, 0.3) is 0 Å². The van der Waals surface area contributed by atoms with Crippen LogP contribution in [0.15, 0.2) is 23.5 Å². The first-order chi connectivity index (χ1) is 10.3. The lowest BCUT2D eigenvalue weighted by Crippen LogP contribution is -2.38. The topological polar surface area (TPSA) is 57.5 Å². The van der Waals surface area contributed by atoms with Gasteiger partial charge in [-0.3, -0.25) is 9.67 Å². The van der Waals surface area contributed by atoms with Crippen LogP contribution in [0.1, 0.15) is 19.8 Å². The van der Waals surface area contributed by atoms with Crippen molar-refractivity contribution in [2.24, 2.45) is 10.9 Å². The fourth-order valence-electron chi connectivity index (χ4n) is 2.62. The minimum absolute atomic E-state index is 0. The Hall–Kier alpha value is -0.830. The highest BCUT2D eigenvalue weighted by atomic mass is 127. The summed E-state index contributed by atoms with van der Waals surface area (Å²) in [6.45, 7) is 8.14. The molecule has 2 N–H and O–H groups in total. The molecule has 1 aliphatic rings. The zero-order valence-corrected chi connectivity index (χ0v) is 16.0. The summed E-state index contributed by atoms with van der Waals surface area (Å²) in [5.41, 5.74) is 0. The van der Waals surface area contributed by atoms with E-state index in [0.717, 1.165) is 38.6 Å². The third kappa shape index (κ3) is 6.95. The largest absolute Gasteiger partial charge is 0.357 e. The van der Waals surface area contributed by atoms with Crippen molar-refractivity contribution in [2.45, 2.75) is 26.3 Å². The first kappa shape index (κ1) is 19.2. The molecule has 1 aliphatic heterocycles. The van der Waals surface area contributed by atoms with Crippen LogP contribution in [0.25, 0.3) is 0 Å². The molecule has 0 spiro atoms. The SMILES string of the molecule is CCNC(=NCC1CCN(C)C1)NCCCn1cccn1.I. The molecule has 1 unspecified atom stereocenters. The highest BCUT2D eigenvalue weighted by Gasteiger charge is 2.18.